The van der Waals surface area contributed by atoms with Crippen LogP contribution >= 0.6 is 0 Å². The van der Waals surface area contributed by atoms with Gasteiger partial charge in [0.1, 0.15) is 5.52 Å². The Morgan fingerprint density at radius 3 is 2.13 bits per heavy atom. The van der Waals surface area contributed by atoms with Crippen LogP contribution in [0.15, 0.2) is 89.7 Å². The minimum atomic E-state index is -0.236. The van der Waals surface area contributed by atoms with Crippen molar-refractivity contribution in [1.82, 2.24) is 20.3 Å². The molecule has 1 amide bonds. The molecule has 0 aliphatic carbocycles. The van der Waals surface area contributed by atoms with Crippen molar-refractivity contribution in [2.24, 2.45) is 0 Å². The Hall–Kier alpha value is -3.80. The molecule has 0 saturated carbocycles. The lowest BCUT2D eigenvalue weighted by molar-refractivity contribution is -0.121. The van der Waals surface area contributed by atoms with Crippen molar-refractivity contribution in [2.75, 3.05) is 6.54 Å². The molecular formula is C24H22N4O2. The van der Waals surface area contributed by atoms with E-state index in [0.717, 1.165) is 11.1 Å². The smallest absolute Gasteiger partial charge is 0.277 e. The van der Waals surface area contributed by atoms with Gasteiger partial charge in [0.25, 0.3) is 5.56 Å². The molecule has 4 aromatic rings. The van der Waals surface area contributed by atoms with Crippen molar-refractivity contribution in [3.05, 3.63) is 106 Å². The third-order valence-electron chi connectivity index (χ3n) is 5.09. The van der Waals surface area contributed by atoms with E-state index in [4.69, 9.17) is 0 Å². The van der Waals surface area contributed by atoms with E-state index in [1.165, 1.54) is 4.68 Å². The first kappa shape index (κ1) is 19.5. The zero-order valence-electron chi connectivity index (χ0n) is 16.4. The Labute approximate surface area is 174 Å². The predicted molar refractivity (Wildman–Crippen MR) is 116 cm³/mol. The summed E-state index contributed by atoms with van der Waals surface area (Å²) in [6.07, 6.45) is 0.156. The number of carbonyl (C=O) groups excluding carboxylic acids is 1. The van der Waals surface area contributed by atoms with Gasteiger partial charge in [-0.2, -0.15) is 0 Å². The maximum Gasteiger partial charge on any atom is 0.277 e. The number of nitrogens with zero attached hydrogens (tertiary/aromatic N) is 3. The van der Waals surface area contributed by atoms with Crippen molar-refractivity contribution in [1.29, 1.82) is 0 Å². The van der Waals surface area contributed by atoms with Gasteiger partial charge in [0.2, 0.25) is 5.91 Å². The molecule has 0 bridgehead atoms. The Bertz CT molecular complexity index is 1150. The quantitative estimate of drug-likeness (QED) is 0.519. The fourth-order valence-electron chi connectivity index (χ4n) is 3.48. The van der Waals surface area contributed by atoms with Crippen molar-refractivity contribution in [3.63, 3.8) is 0 Å². The fourth-order valence-corrected chi connectivity index (χ4v) is 3.48. The van der Waals surface area contributed by atoms with E-state index >= 15 is 0 Å². The number of aromatic nitrogens is 3. The highest BCUT2D eigenvalue weighted by Crippen LogP contribution is 2.23. The highest BCUT2D eigenvalue weighted by atomic mass is 16.2. The van der Waals surface area contributed by atoms with Gasteiger partial charge in [0.05, 0.1) is 11.9 Å². The average molecular weight is 398 g/mol. The van der Waals surface area contributed by atoms with E-state index in [-0.39, 0.29) is 30.3 Å². The molecular weight excluding hydrogens is 376 g/mol. The molecule has 1 aromatic heterocycles. The van der Waals surface area contributed by atoms with E-state index in [1.807, 2.05) is 42.5 Å². The van der Waals surface area contributed by atoms with Crippen LogP contribution in [0.5, 0.6) is 0 Å². The number of carbonyl (C=O) groups is 1. The normalized spacial score (nSPS) is 11.0. The van der Waals surface area contributed by atoms with Crippen LogP contribution in [0, 0.1) is 0 Å². The van der Waals surface area contributed by atoms with Crippen molar-refractivity contribution >= 4 is 16.8 Å². The molecule has 6 heteroatoms. The molecule has 0 aliphatic heterocycles. The largest absolute Gasteiger partial charge is 0.355 e. The molecule has 4 rings (SSSR count). The molecule has 0 saturated heterocycles. The monoisotopic (exact) mass is 398 g/mol. The predicted octanol–water partition coefficient (Wildman–Crippen LogP) is 3.13. The molecule has 30 heavy (non-hydrogen) atoms. The van der Waals surface area contributed by atoms with E-state index in [0.29, 0.717) is 17.4 Å². The van der Waals surface area contributed by atoms with Crippen molar-refractivity contribution in [2.45, 2.75) is 18.9 Å². The van der Waals surface area contributed by atoms with Crippen molar-refractivity contribution in [3.8, 4) is 0 Å². The van der Waals surface area contributed by atoms with Gasteiger partial charge in [-0.05, 0) is 23.3 Å². The number of hydrogen-bond acceptors (Lipinski definition) is 4. The van der Waals surface area contributed by atoms with Gasteiger partial charge in [-0.25, -0.2) is 4.68 Å². The second-order valence-corrected chi connectivity index (χ2v) is 7.06. The Morgan fingerprint density at radius 1 is 0.867 bits per heavy atom. The van der Waals surface area contributed by atoms with E-state index in [9.17, 15) is 9.59 Å². The average Bonchev–Trinajstić information content (AvgIpc) is 2.80. The fraction of sp³-hybridized carbons (Fsp3) is 0.167. The number of benzene rings is 3. The zero-order chi connectivity index (χ0) is 20.8. The van der Waals surface area contributed by atoms with Gasteiger partial charge >= 0.3 is 0 Å². The Kier molecular flexibility index (Phi) is 5.94. The van der Waals surface area contributed by atoms with E-state index in [2.05, 4.69) is 39.9 Å². The summed E-state index contributed by atoms with van der Waals surface area (Å²) in [5, 5.41) is 11.5. The minimum absolute atomic E-state index is 0.0551. The topological polar surface area (TPSA) is 76.9 Å². The van der Waals surface area contributed by atoms with Crippen LogP contribution in [0.2, 0.25) is 0 Å². The molecule has 0 radical (unpaired) electrons. The number of hydrogen-bond donors (Lipinski definition) is 1. The number of rotatable bonds is 7. The SMILES string of the molecule is O=C(CCn1nnc2ccccc2c1=O)NCC(c1ccccc1)c1ccccc1. The third-order valence-corrected chi connectivity index (χ3v) is 5.09. The van der Waals surface area contributed by atoms with Gasteiger partial charge in [0.15, 0.2) is 0 Å². The van der Waals surface area contributed by atoms with Crippen LogP contribution < -0.4 is 10.9 Å². The summed E-state index contributed by atoms with van der Waals surface area (Å²) < 4.78 is 1.24. The van der Waals surface area contributed by atoms with E-state index in [1.54, 1.807) is 18.2 Å². The lowest BCUT2D eigenvalue weighted by atomic mass is 9.91. The Morgan fingerprint density at radius 2 is 1.47 bits per heavy atom. The summed E-state index contributed by atoms with van der Waals surface area (Å²) in [7, 11) is 0. The summed E-state index contributed by atoms with van der Waals surface area (Å²) in [5.41, 5.74) is 2.60. The van der Waals surface area contributed by atoms with Gasteiger partial charge in [0, 0.05) is 18.9 Å². The molecule has 0 spiro atoms. The maximum atomic E-state index is 12.5. The number of fused-ring (bicyclic) bond motifs is 1. The molecule has 0 unspecified atom stereocenters. The summed E-state index contributed by atoms with van der Waals surface area (Å²) in [4.78, 5) is 25.0. The van der Waals surface area contributed by atoms with Crippen LogP contribution in [0.3, 0.4) is 0 Å². The van der Waals surface area contributed by atoms with Gasteiger partial charge in [-0.1, -0.05) is 78.0 Å². The van der Waals surface area contributed by atoms with Crippen LogP contribution in [0.1, 0.15) is 23.5 Å². The highest BCUT2D eigenvalue weighted by Gasteiger charge is 2.15. The van der Waals surface area contributed by atoms with Crippen LogP contribution in [-0.2, 0) is 11.3 Å². The highest BCUT2D eigenvalue weighted by molar-refractivity contribution is 5.77. The minimum Gasteiger partial charge on any atom is -0.355 e. The van der Waals surface area contributed by atoms with Crippen molar-refractivity contribution < 1.29 is 4.79 Å². The lowest BCUT2D eigenvalue weighted by Crippen LogP contribution is -2.32. The summed E-state index contributed by atoms with van der Waals surface area (Å²) in [6.45, 7) is 0.662. The summed E-state index contributed by atoms with van der Waals surface area (Å²) in [5.74, 6) is -0.0757. The first-order chi connectivity index (χ1) is 14.7. The van der Waals surface area contributed by atoms with Gasteiger partial charge in [-0.15, -0.1) is 5.10 Å². The Balaban J connectivity index is 1.42. The van der Waals surface area contributed by atoms with Crippen LogP contribution in [-0.4, -0.2) is 27.4 Å². The molecule has 0 fully saturated rings. The number of amides is 1. The third kappa shape index (κ3) is 4.43. The maximum absolute atomic E-state index is 12.5. The summed E-state index contributed by atoms with van der Waals surface area (Å²) in [6, 6.07) is 27.3. The van der Waals surface area contributed by atoms with Gasteiger partial charge < -0.3 is 5.32 Å². The molecule has 3 aromatic carbocycles. The molecule has 0 aliphatic rings. The molecule has 1 N–H and O–H groups in total. The number of nitrogens with one attached hydrogen (secondary N) is 1. The second-order valence-electron chi connectivity index (χ2n) is 7.06. The first-order valence-corrected chi connectivity index (χ1v) is 9.91. The lowest BCUT2D eigenvalue weighted by Gasteiger charge is -2.19. The molecule has 1 heterocycles. The van der Waals surface area contributed by atoms with Crippen LogP contribution in [0.25, 0.3) is 10.9 Å². The van der Waals surface area contributed by atoms with E-state index < -0.39 is 0 Å². The number of aryl methyl sites for hydroxylation is 1. The second kappa shape index (κ2) is 9.13. The molecule has 0 atom stereocenters. The first-order valence-electron chi connectivity index (χ1n) is 9.91. The zero-order valence-corrected chi connectivity index (χ0v) is 16.4. The summed E-state index contributed by atoms with van der Waals surface area (Å²) >= 11 is 0. The molecule has 150 valence electrons. The molecule has 6 nitrogen and oxygen atoms in total. The van der Waals surface area contributed by atoms with Gasteiger partial charge in [-0.3, -0.25) is 9.59 Å². The standard InChI is InChI=1S/C24H22N4O2/c29-23(15-16-28-24(30)20-13-7-8-14-22(20)26-27-28)25-17-21(18-9-3-1-4-10-18)19-11-5-2-6-12-19/h1-14,21H,15-17H2,(H,25,29). The van der Waals surface area contributed by atoms with Crippen LogP contribution in [0.4, 0.5) is 0 Å².